The van der Waals surface area contributed by atoms with Crippen molar-refractivity contribution in [3.8, 4) is 0 Å². The summed E-state index contributed by atoms with van der Waals surface area (Å²) in [6.07, 6.45) is 4.19. The second kappa shape index (κ2) is 5.55. The van der Waals surface area contributed by atoms with Gasteiger partial charge >= 0.3 is 5.97 Å². The highest BCUT2D eigenvalue weighted by Crippen LogP contribution is 2.27. The number of nitrogens with zero attached hydrogens (tertiary/aromatic N) is 2. The van der Waals surface area contributed by atoms with E-state index < -0.39 is 11.5 Å². The number of carboxylic acids is 1. The van der Waals surface area contributed by atoms with E-state index in [0.29, 0.717) is 13.1 Å². The number of carbonyl (C=O) groups is 2. The molecule has 21 heavy (non-hydrogen) atoms. The van der Waals surface area contributed by atoms with Crippen molar-refractivity contribution in [2.75, 3.05) is 18.0 Å². The summed E-state index contributed by atoms with van der Waals surface area (Å²) >= 11 is 0. The van der Waals surface area contributed by atoms with Gasteiger partial charge < -0.3 is 15.3 Å². The van der Waals surface area contributed by atoms with Gasteiger partial charge in [-0.3, -0.25) is 4.79 Å². The maximum atomic E-state index is 12.0. The Labute approximate surface area is 123 Å². The number of aryl methyl sites for hydroxylation is 1. The first-order chi connectivity index (χ1) is 9.82. The zero-order chi connectivity index (χ0) is 15.6. The van der Waals surface area contributed by atoms with Gasteiger partial charge in [-0.2, -0.15) is 0 Å². The van der Waals surface area contributed by atoms with Crippen LogP contribution in [0.3, 0.4) is 0 Å². The van der Waals surface area contributed by atoms with Gasteiger partial charge in [0.15, 0.2) is 0 Å². The molecule has 0 bridgehead atoms. The van der Waals surface area contributed by atoms with Crippen LogP contribution in [0.4, 0.5) is 5.82 Å². The van der Waals surface area contributed by atoms with E-state index in [-0.39, 0.29) is 5.91 Å². The largest absolute Gasteiger partial charge is 0.478 e. The van der Waals surface area contributed by atoms with Gasteiger partial charge in [-0.1, -0.05) is 0 Å². The van der Waals surface area contributed by atoms with E-state index >= 15 is 0 Å². The summed E-state index contributed by atoms with van der Waals surface area (Å²) in [6, 6.07) is 1.87. The fourth-order valence-electron chi connectivity index (χ4n) is 2.40. The van der Waals surface area contributed by atoms with Gasteiger partial charge in [0.1, 0.15) is 11.4 Å². The lowest BCUT2D eigenvalue weighted by molar-refractivity contribution is -0.131. The fraction of sp³-hybridized carbons (Fsp3) is 0.400. The van der Waals surface area contributed by atoms with Crippen LogP contribution in [0, 0.1) is 6.92 Å². The Hall–Kier alpha value is -2.37. The van der Waals surface area contributed by atoms with Gasteiger partial charge in [-0.05, 0) is 44.0 Å². The molecule has 1 aromatic rings. The summed E-state index contributed by atoms with van der Waals surface area (Å²) in [7, 11) is 0. The monoisotopic (exact) mass is 289 g/mol. The Morgan fingerprint density at radius 3 is 2.86 bits per heavy atom. The first-order valence-corrected chi connectivity index (χ1v) is 6.76. The van der Waals surface area contributed by atoms with Crippen molar-refractivity contribution in [3.63, 3.8) is 0 Å². The minimum atomic E-state index is -0.995. The zero-order valence-corrected chi connectivity index (χ0v) is 12.4. The molecule has 6 nitrogen and oxygen atoms in total. The lowest BCUT2D eigenvalue weighted by Crippen LogP contribution is -2.62. The van der Waals surface area contributed by atoms with Crippen LogP contribution in [-0.2, 0) is 9.59 Å². The Morgan fingerprint density at radius 1 is 1.52 bits per heavy atom. The SMILES string of the molecule is Cc1cc(/C=C/C(=O)O)cnc1N1CCNC(=O)C1(C)C. The van der Waals surface area contributed by atoms with Crippen LogP contribution >= 0.6 is 0 Å². The number of anilines is 1. The van der Waals surface area contributed by atoms with Gasteiger partial charge in [0.25, 0.3) is 0 Å². The molecular weight excluding hydrogens is 270 g/mol. The van der Waals surface area contributed by atoms with Crippen LogP contribution in [-0.4, -0.2) is 40.6 Å². The summed E-state index contributed by atoms with van der Waals surface area (Å²) in [5.41, 5.74) is 0.970. The van der Waals surface area contributed by atoms with Gasteiger partial charge in [0, 0.05) is 25.4 Å². The molecular formula is C15H19N3O3. The van der Waals surface area contributed by atoms with Crippen LogP contribution in [0.5, 0.6) is 0 Å². The second-order valence-corrected chi connectivity index (χ2v) is 5.55. The number of amides is 1. The van der Waals surface area contributed by atoms with Gasteiger partial charge in [-0.15, -0.1) is 0 Å². The number of hydrogen-bond donors (Lipinski definition) is 2. The normalized spacial score (nSPS) is 17.9. The Balaban J connectivity index is 2.32. The molecule has 0 saturated carbocycles. The number of hydrogen-bond acceptors (Lipinski definition) is 4. The standard InChI is InChI=1S/C15H19N3O3/c1-10-8-11(4-5-12(19)20)9-17-13(10)18-7-6-16-14(21)15(18,2)3/h4-5,8-9H,6-7H2,1-3H3,(H,16,21)(H,19,20)/b5-4+. The number of rotatable bonds is 3. The van der Waals surface area contributed by atoms with Crippen molar-refractivity contribution in [2.45, 2.75) is 26.3 Å². The number of carboxylic acid groups (broad SMARTS) is 1. The summed E-state index contributed by atoms with van der Waals surface area (Å²) in [5, 5.41) is 11.5. The number of nitrogens with one attached hydrogen (secondary N) is 1. The highest BCUT2D eigenvalue weighted by molar-refractivity contribution is 5.90. The van der Waals surface area contributed by atoms with Crippen molar-refractivity contribution in [1.29, 1.82) is 0 Å². The molecule has 0 unspecified atom stereocenters. The lowest BCUT2D eigenvalue weighted by Gasteiger charge is -2.42. The number of carbonyl (C=O) groups excluding carboxylic acids is 1. The summed E-state index contributed by atoms with van der Waals surface area (Å²) in [5.74, 6) is -0.266. The minimum Gasteiger partial charge on any atom is -0.478 e. The van der Waals surface area contributed by atoms with E-state index in [1.165, 1.54) is 6.08 Å². The van der Waals surface area contributed by atoms with Gasteiger partial charge in [0.2, 0.25) is 5.91 Å². The smallest absolute Gasteiger partial charge is 0.328 e. The van der Waals surface area contributed by atoms with E-state index in [1.54, 1.807) is 6.20 Å². The first kappa shape index (κ1) is 15.0. The van der Waals surface area contributed by atoms with Crippen LogP contribution in [0.25, 0.3) is 6.08 Å². The Bertz CT molecular complexity index is 608. The van der Waals surface area contributed by atoms with Crippen molar-refractivity contribution >= 4 is 23.8 Å². The molecule has 6 heteroatoms. The number of aromatic nitrogens is 1. The molecule has 1 aliphatic rings. The maximum Gasteiger partial charge on any atom is 0.328 e. The molecule has 2 N–H and O–H groups in total. The van der Waals surface area contributed by atoms with E-state index in [1.807, 2.05) is 31.7 Å². The summed E-state index contributed by atoms with van der Waals surface area (Å²) < 4.78 is 0. The fourth-order valence-corrected chi connectivity index (χ4v) is 2.40. The second-order valence-electron chi connectivity index (χ2n) is 5.55. The molecule has 0 atom stereocenters. The molecule has 1 saturated heterocycles. The highest BCUT2D eigenvalue weighted by Gasteiger charge is 2.38. The number of aliphatic carboxylic acids is 1. The average molecular weight is 289 g/mol. The predicted molar refractivity (Wildman–Crippen MR) is 80.1 cm³/mol. The highest BCUT2D eigenvalue weighted by atomic mass is 16.4. The molecule has 1 amide bonds. The number of pyridine rings is 1. The van der Waals surface area contributed by atoms with Crippen molar-refractivity contribution in [3.05, 3.63) is 29.5 Å². The van der Waals surface area contributed by atoms with Gasteiger partial charge in [-0.25, -0.2) is 9.78 Å². The topological polar surface area (TPSA) is 82.5 Å². The minimum absolute atomic E-state index is 0.0233. The van der Waals surface area contributed by atoms with Crippen LogP contribution in [0.2, 0.25) is 0 Å². The van der Waals surface area contributed by atoms with Crippen molar-refractivity contribution in [2.24, 2.45) is 0 Å². The molecule has 1 aromatic heterocycles. The van der Waals surface area contributed by atoms with E-state index in [4.69, 9.17) is 5.11 Å². The molecule has 0 spiro atoms. The van der Waals surface area contributed by atoms with E-state index in [2.05, 4.69) is 10.3 Å². The number of piperazine rings is 1. The third-order valence-corrected chi connectivity index (χ3v) is 3.60. The molecule has 112 valence electrons. The molecule has 1 fully saturated rings. The molecule has 0 radical (unpaired) electrons. The van der Waals surface area contributed by atoms with Crippen molar-refractivity contribution in [1.82, 2.24) is 10.3 Å². The molecule has 0 aliphatic carbocycles. The molecule has 2 rings (SSSR count). The van der Waals surface area contributed by atoms with Crippen LogP contribution in [0.15, 0.2) is 18.3 Å². The average Bonchev–Trinajstić information content (AvgIpc) is 2.40. The third-order valence-electron chi connectivity index (χ3n) is 3.60. The Morgan fingerprint density at radius 2 is 2.24 bits per heavy atom. The summed E-state index contributed by atoms with van der Waals surface area (Å²) in [6.45, 7) is 6.91. The molecule has 0 aromatic carbocycles. The van der Waals surface area contributed by atoms with Crippen LogP contribution < -0.4 is 10.2 Å². The molecule has 2 heterocycles. The zero-order valence-electron chi connectivity index (χ0n) is 12.4. The van der Waals surface area contributed by atoms with Gasteiger partial charge in [0.05, 0.1) is 0 Å². The predicted octanol–water partition coefficient (Wildman–Crippen LogP) is 1.20. The first-order valence-electron chi connectivity index (χ1n) is 6.76. The Kier molecular flexibility index (Phi) is 3.97. The van der Waals surface area contributed by atoms with E-state index in [0.717, 1.165) is 23.0 Å². The lowest BCUT2D eigenvalue weighted by atomic mass is 9.98. The van der Waals surface area contributed by atoms with Crippen LogP contribution in [0.1, 0.15) is 25.0 Å². The third kappa shape index (κ3) is 3.04. The van der Waals surface area contributed by atoms with Crippen molar-refractivity contribution < 1.29 is 14.7 Å². The quantitative estimate of drug-likeness (QED) is 0.817. The molecule has 1 aliphatic heterocycles. The van der Waals surface area contributed by atoms with E-state index in [9.17, 15) is 9.59 Å². The maximum absolute atomic E-state index is 12.0. The summed E-state index contributed by atoms with van der Waals surface area (Å²) in [4.78, 5) is 28.9.